The summed E-state index contributed by atoms with van der Waals surface area (Å²) in [6, 6.07) is 4.92. The minimum absolute atomic E-state index is 0.0995. The van der Waals surface area contributed by atoms with Gasteiger partial charge in [0, 0.05) is 30.1 Å². The zero-order chi connectivity index (χ0) is 13.3. The zero-order valence-corrected chi connectivity index (χ0v) is 12.5. The van der Waals surface area contributed by atoms with Crippen LogP contribution in [0.1, 0.15) is 25.5 Å². The van der Waals surface area contributed by atoms with Crippen LogP contribution in [-0.4, -0.2) is 24.5 Å². The Kier molecular flexibility index (Phi) is 4.41. The van der Waals surface area contributed by atoms with Gasteiger partial charge in [0.25, 0.3) is 0 Å². The lowest BCUT2D eigenvalue weighted by molar-refractivity contribution is 0.239. The van der Waals surface area contributed by atoms with Crippen LogP contribution < -0.4 is 5.73 Å². The maximum Gasteiger partial charge on any atom is 0.123 e. The molecule has 0 saturated carbocycles. The first-order chi connectivity index (χ1) is 8.52. The molecule has 0 aliphatic carbocycles. The van der Waals surface area contributed by atoms with Gasteiger partial charge in [-0.3, -0.25) is 4.90 Å². The van der Waals surface area contributed by atoms with Crippen molar-refractivity contribution in [2.75, 3.05) is 19.6 Å². The van der Waals surface area contributed by atoms with E-state index in [0.717, 1.165) is 23.1 Å². The van der Waals surface area contributed by atoms with Crippen molar-refractivity contribution in [2.24, 2.45) is 17.6 Å². The molecule has 0 aromatic heterocycles. The molecule has 0 spiro atoms. The number of rotatable bonds is 3. The smallest absolute Gasteiger partial charge is 0.123 e. The first-order valence-corrected chi connectivity index (χ1v) is 7.21. The third kappa shape index (κ3) is 2.76. The molecule has 100 valence electrons. The van der Waals surface area contributed by atoms with Gasteiger partial charge >= 0.3 is 0 Å². The van der Waals surface area contributed by atoms with Crippen LogP contribution in [0.25, 0.3) is 0 Å². The van der Waals surface area contributed by atoms with Crippen LogP contribution in [0, 0.1) is 17.7 Å². The van der Waals surface area contributed by atoms with Gasteiger partial charge in [0.15, 0.2) is 0 Å². The SMILES string of the molecule is CC1CN(C(CN)c2cc(F)ccc2Br)CC1C. The van der Waals surface area contributed by atoms with E-state index in [4.69, 9.17) is 5.73 Å². The van der Waals surface area contributed by atoms with Crippen LogP contribution in [0.2, 0.25) is 0 Å². The molecule has 2 rings (SSSR count). The summed E-state index contributed by atoms with van der Waals surface area (Å²) in [4.78, 5) is 2.37. The number of hydrogen-bond acceptors (Lipinski definition) is 2. The van der Waals surface area contributed by atoms with Crippen molar-refractivity contribution in [1.82, 2.24) is 4.90 Å². The number of halogens is 2. The van der Waals surface area contributed by atoms with Crippen LogP contribution in [0.15, 0.2) is 22.7 Å². The molecule has 1 aromatic rings. The number of nitrogens with zero attached hydrogens (tertiary/aromatic N) is 1. The number of benzene rings is 1. The molecule has 1 saturated heterocycles. The molecule has 2 nitrogen and oxygen atoms in total. The van der Waals surface area contributed by atoms with Crippen molar-refractivity contribution in [3.63, 3.8) is 0 Å². The maximum atomic E-state index is 13.4. The Labute approximate surface area is 116 Å². The van der Waals surface area contributed by atoms with Gasteiger partial charge in [0.1, 0.15) is 5.82 Å². The topological polar surface area (TPSA) is 29.3 Å². The number of nitrogens with two attached hydrogens (primary N) is 1. The van der Waals surface area contributed by atoms with Crippen LogP contribution in [-0.2, 0) is 0 Å². The Morgan fingerprint density at radius 3 is 2.56 bits per heavy atom. The summed E-state index contributed by atoms with van der Waals surface area (Å²) in [5, 5.41) is 0. The fourth-order valence-electron chi connectivity index (χ4n) is 2.67. The first kappa shape index (κ1) is 14.0. The molecule has 0 radical (unpaired) electrons. The van der Waals surface area contributed by atoms with Gasteiger partial charge in [0.2, 0.25) is 0 Å². The minimum atomic E-state index is -0.202. The van der Waals surface area contributed by atoms with E-state index in [9.17, 15) is 4.39 Å². The van der Waals surface area contributed by atoms with E-state index in [1.807, 2.05) is 0 Å². The predicted octanol–water partition coefficient (Wildman–Crippen LogP) is 3.18. The Morgan fingerprint density at radius 1 is 1.39 bits per heavy atom. The van der Waals surface area contributed by atoms with Gasteiger partial charge in [-0.1, -0.05) is 29.8 Å². The summed E-state index contributed by atoms with van der Waals surface area (Å²) in [5.41, 5.74) is 6.87. The minimum Gasteiger partial charge on any atom is -0.329 e. The van der Waals surface area contributed by atoms with E-state index in [1.165, 1.54) is 6.07 Å². The lowest BCUT2D eigenvalue weighted by atomic mass is 10.0. The van der Waals surface area contributed by atoms with Crippen molar-refractivity contribution in [1.29, 1.82) is 0 Å². The van der Waals surface area contributed by atoms with Gasteiger partial charge in [-0.2, -0.15) is 0 Å². The standard InChI is InChI=1S/C14H20BrFN2/c1-9-7-18(8-10(9)2)14(6-17)12-5-11(16)3-4-13(12)15/h3-5,9-10,14H,6-8,17H2,1-2H3. The van der Waals surface area contributed by atoms with Crippen LogP contribution >= 0.6 is 15.9 Å². The molecule has 0 bridgehead atoms. The molecule has 1 aromatic carbocycles. The van der Waals surface area contributed by atoms with Gasteiger partial charge < -0.3 is 5.73 Å². The molecule has 3 unspecified atom stereocenters. The highest BCUT2D eigenvalue weighted by molar-refractivity contribution is 9.10. The lowest BCUT2D eigenvalue weighted by Gasteiger charge is -2.28. The van der Waals surface area contributed by atoms with Gasteiger partial charge in [-0.05, 0) is 35.6 Å². The van der Waals surface area contributed by atoms with Crippen molar-refractivity contribution < 1.29 is 4.39 Å². The molecule has 3 atom stereocenters. The summed E-state index contributed by atoms with van der Waals surface area (Å²) in [5.74, 6) is 1.14. The molecule has 2 N–H and O–H groups in total. The van der Waals surface area contributed by atoms with Crippen LogP contribution in [0.4, 0.5) is 4.39 Å². The van der Waals surface area contributed by atoms with Gasteiger partial charge in [-0.25, -0.2) is 4.39 Å². The molecule has 18 heavy (non-hydrogen) atoms. The van der Waals surface area contributed by atoms with Crippen molar-refractivity contribution in [3.05, 3.63) is 34.1 Å². The Morgan fingerprint density at radius 2 is 2.00 bits per heavy atom. The highest BCUT2D eigenvalue weighted by Crippen LogP contribution is 2.33. The fourth-order valence-corrected chi connectivity index (χ4v) is 3.18. The summed E-state index contributed by atoms with van der Waals surface area (Å²) in [6.07, 6.45) is 0. The second-order valence-electron chi connectivity index (χ2n) is 5.33. The Bertz CT molecular complexity index is 414. The van der Waals surface area contributed by atoms with E-state index in [0.29, 0.717) is 18.4 Å². The quantitative estimate of drug-likeness (QED) is 0.928. The van der Waals surface area contributed by atoms with Crippen molar-refractivity contribution in [3.8, 4) is 0 Å². The molecule has 4 heteroatoms. The highest BCUT2D eigenvalue weighted by atomic mass is 79.9. The molecular weight excluding hydrogens is 295 g/mol. The number of likely N-dealkylation sites (tertiary alicyclic amines) is 1. The predicted molar refractivity (Wildman–Crippen MR) is 75.8 cm³/mol. The van der Waals surface area contributed by atoms with E-state index in [1.54, 1.807) is 12.1 Å². The first-order valence-electron chi connectivity index (χ1n) is 6.42. The summed E-state index contributed by atoms with van der Waals surface area (Å²) < 4.78 is 14.3. The third-order valence-electron chi connectivity index (χ3n) is 4.00. The summed E-state index contributed by atoms with van der Waals surface area (Å²) >= 11 is 3.50. The van der Waals surface area contributed by atoms with Crippen LogP contribution in [0.3, 0.4) is 0 Å². The Balaban J connectivity index is 2.26. The molecule has 1 aliphatic rings. The summed E-state index contributed by atoms with van der Waals surface area (Å²) in [6.45, 7) is 7.11. The molecular formula is C14H20BrFN2. The van der Waals surface area contributed by atoms with E-state index in [-0.39, 0.29) is 11.9 Å². The molecule has 0 amide bonds. The Hall–Kier alpha value is -0.450. The average molecular weight is 315 g/mol. The third-order valence-corrected chi connectivity index (χ3v) is 4.72. The largest absolute Gasteiger partial charge is 0.329 e. The summed E-state index contributed by atoms with van der Waals surface area (Å²) in [7, 11) is 0. The lowest BCUT2D eigenvalue weighted by Crippen LogP contribution is -2.32. The normalized spacial score (nSPS) is 26.5. The second kappa shape index (κ2) is 5.68. The van der Waals surface area contributed by atoms with Gasteiger partial charge in [0.05, 0.1) is 0 Å². The van der Waals surface area contributed by atoms with E-state index < -0.39 is 0 Å². The van der Waals surface area contributed by atoms with Crippen molar-refractivity contribution in [2.45, 2.75) is 19.9 Å². The highest BCUT2D eigenvalue weighted by Gasteiger charge is 2.31. The van der Waals surface area contributed by atoms with E-state index >= 15 is 0 Å². The average Bonchev–Trinajstić information content (AvgIpc) is 2.65. The van der Waals surface area contributed by atoms with Crippen LogP contribution in [0.5, 0.6) is 0 Å². The van der Waals surface area contributed by atoms with E-state index in [2.05, 4.69) is 34.7 Å². The second-order valence-corrected chi connectivity index (χ2v) is 6.18. The molecule has 1 heterocycles. The maximum absolute atomic E-state index is 13.4. The fraction of sp³-hybridized carbons (Fsp3) is 0.571. The molecule has 1 fully saturated rings. The van der Waals surface area contributed by atoms with Crippen molar-refractivity contribution >= 4 is 15.9 Å². The zero-order valence-electron chi connectivity index (χ0n) is 10.9. The molecule has 1 aliphatic heterocycles. The van der Waals surface area contributed by atoms with Gasteiger partial charge in [-0.15, -0.1) is 0 Å². The number of hydrogen-bond donors (Lipinski definition) is 1. The monoisotopic (exact) mass is 314 g/mol.